The third-order valence-corrected chi connectivity index (χ3v) is 12.0. The number of halogens is 2. The minimum absolute atomic E-state index is 0.105. The molecule has 0 bridgehead atoms. The number of benzene rings is 2. The quantitative estimate of drug-likeness (QED) is 0.107. The number of nitrogens with one attached hydrogen (secondary N) is 4. The molecule has 3 amide bonds. The Kier molecular flexibility index (Phi) is 13.5. The Morgan fingerprint density at radius 1 is 0.741 bits per heavy atom. The van der Waals surface area contributed by atoms with Crippen molar-refractivity contribution in [1.29, 1.82) is 0 Å². The van der Waals surface area contributed by atoms with Gasteiger partial charge in [0, 0.05) is 56.4 Å². The van der Waals surface area contributed by atoms with E-state index in [1.54, 1.807) is 33.2 Å². The van der Waals surface area contributed by atoms with E-state index in [1.165, 1.54) is 24.3 Å². The fourth-order valence-corrected chi connectivity index (χ4v) is 8.28. The van der Waals surface area contributed by atoms with Crippen molar-refractivity contribution in [2.75, 3.05) is 27.2 Å². The number of carbonyl (C=O) groups is 3. The van der Waals surface area contributed by atoms with Crippen molar-refractivity contribution >= 4 is 39.8 Å². The highest BCUT2D eigenvalue weighted by Gasteiger charge is 2.39. The van der Waals surface area contributed by atoms with Crippen LogP contribution in [-0.4, -0.2) is 121 Å². The predicted octanol–water partition coefficient (Wildman–Crippen LogP) is 3.60. The average molecular weight is 807 g/mol. The number of aliphatic hydroxyl groups is 1. The van der Waals surface area contributed by atoms with E-state index in [4.69, 9.17) is 9.97 Å². The van der Waals surface area contributed by atoms with E-state index in [2.05, 4.69) is 21.3 Å². The molecule has 0 spiro atoms. The van der Waals surface area contributed by atoms with Crippen molar-refractivity contribution < 1.29 is 28.3 Å². The Morgan fingerprint density at radius 2 is 1.21 bits per heavy atom. The van der Waals surface area contributed by atoms with Gasteiger partial charge in [-0.15, -0.1) is 0 Å². The lowest BCUT2D eigenvalue weighted by molar-refractivity contribution is -0.139. The standard InChI is InChI=1S/C42H60F2N10O4/c1-23(2)35(49-39(55)25(5)45-7)41(57)51-17-9-11-29(51)21-53-33-15-13-27(43)19-31(33)47-37(53)38-48-32-20-28(44)14-16-34(32)54(38)22-30-12-10-18-52(30)42(58)36(24(3)4)50-40(56)26(6)46-8/h13-16,19-20,23-26,29-30,35-36,39,45-46,49,55H,9-12,17-18,21-22H2,1-8H3,(H,50,56)/t25-,26-,29+,30+,35-,36-,39?/m1/s1. The van der Waals surface area contributed by atoms with E-state index >= 15 is 0 Å². The number of fused-ring (bicyclic) bond motifs is 2. The number of likely N-dealkylation sites (N-methyl/N-ethyl adjacent to an activating group) is 2. The molecule has 4 heterocycles. The Bertz CT molecular complexity index is 2100. The number of likely N-dealkylation sites (tertiary alicyclic amines) is 2. The first-order valence-electron chi connectivity index (χ1n) is 20.6. The van der Waals surface area contributed by atoms with Gasteiger partial charge in [-0.1, -0.05) is 27.7 Å². The Hall–Kier alpha value is -4.51. The van der Waals surface area contributed by atoms with Gasteiger partial charge in [-0.2, -0.15) is 0 Å². The minimum atomic E-state index is -0.942. The van der Waals surface area contributed by atoms with Gasteiger partial charge in [-0.25, -0.2) is 18.7 Å². The fraction of sp³-hybridized carbons (Fsp3) is 0.595. The zero-order valence-corrected chi connectivity index (χ0v) is 34.9. The SMILES string of the molecule is CN[C@H](C)C(=O)N[C@@H](C(=O)N1CCC[C@H]1Cn1c(-c2nc3cc(F)ccc3n2C[C@@H]2CCCN2C(=O)[C@H](NC(O)[C@@H](C)NC)C(C)C)nc2cc(F)ccc21)C(C)C. The molecule has 16 heteroatoms. The summed E-state index contributed by atoms with van der Waals surface area (Å²) in [5.74, 6) is -0.850. The van der Waals surface area contributed by atoms with Crippen molar-refractivity contribution in [3.8, 4) is 11.6 Å². The maximum Gasteiger partial charge on any atom is 0.245 e. The highest BCUT2D eigenvalue weighted by atomic mass is 19.1. The molecular formula is C42H60F2N10O4. The van der Waals surface area contributed by atoms with Crippen LogP contribution < -0.4 is 21.3 Å². The summed E-state index contributed by atoms with van der Waals surface area (Å²) < 4.78 is 33.5. The summed E-state index contributed by atoms with van der Waals surface area (Å²) in [5.41, 5.74) is 2.11. The van der Waals surface area contributed by atoms with Crippen LogP contribution in [0.2, 0.25) is 0 Å². The number of nitrogens with zero attached hydrogens (tertiary/aromatic N) is 6. The lowest BCUT2D eigenvalue weighted by atomic mass is 10.0. The van der Waals surface area contributed by atoms with Crippen LogP contribution in [0.15, 0.2) is 36.4 Å². The van der Waals surface area contributed by atoms with Crippen molar-refractivity contribution in [3.63, 3.8) is 0 Å². The van der Waals surface area contributed by atoms with E-state index in [9.17, 15) is 28.3 Å². The van der Waals surface area contributed by atoms with Gasteiger partial charge in [0.05, 0.1) is 34.2 Å². The van der Waals surface area contributed by atoms with Crippen LogP contribution in [0.25, 0.3) is 33.7 Å². The number of carbonyl (C=O) groups excluding carboxylic acids is 3. The van der Waals surface area contributed by atoms with Crippen molar-refractivity contribution in [2.45, 2.75) is 123 Å². The topological polar surface area (TPSA) is 162 Å². The van der Waals surface area contributed by atoms with Crippen LogP contribution in [0.5, 0.6) is 0 Å². The van der Waals surface area contributed by atoms with Gasteiger partial charge in [0.25, 0.3) is 0 Å². The number of aliphatic hydroxyl groups excluding tert-OH is 1. The van der Waals surface area contributed by atoms with Crippen LogP contribution in [0.4, 0.5) is 8.78 Å². The number of aromatic nitrogens is 4. The summed E-state index contributed by atoms with van der Waals surface area (Å²) in [4.78, 5) is 55.0. The largest absolute Gasteiger partial charge is 0.377 e. The number of rotatable bonds is 16. The van der Waals surface area contributed by atoms with Crippen LogP contribution >= 0.6 is 0 Å². The lowest BCUT2D eigenvalue weighted by Crippen LogP contribution is -2.57. The number of imidazole rings is 2. The molecular weight excluding hydrogens is 747 g/mol. The molecule has 2 aromatic carbocycles. The number of hydrogen-bond donors (Lipinski definition) is 5. The van der Waals surface area contributed by atoms with Crippen molar-refractivity contribution in [3.05, 3.63) is 48.0 Å². The third-order valence-electron chi connectivity index (χ3n) is 12.0. The van der Waals surface area contributed by atoms with E-state index in [-0.39, 0.29) is 47.7 Å². The zero-order chi connectivity index (χ0) is 42.0. The molecule has 2 fully saturated rings. The highest BCUT2D eigenvalue weighted by molar-refractivity contribution is 5.90. The van der Waals surface area contributed by atoms with Crippen LogP contribution in [-0.2, 0) is 27.5 Å². The van der Waals surface area contributed by atoms with Gasteiger partial charge >= 0.3 is 0 Å². The number of amides is 3. The summed E-state index contributed by atoms with van der Waals surface area (Å²) in [7, 11) is 3.45. The molecule has 58 heavy (non-hydrogen) atoms. The van der Waals surface area contributed by atoms with Gasteiger partial charge < -0.3 is 40.0 Å². The molecule has 316 valence electrons. The van der Waals surface area contributed by atoms with E-state index in [0.717, 1.165) is 12.8 Å². The highest BCUT2D eigenvalue weighted by Crippen LogP contribution is 2.33. The molecule has 2 aliphatic heterocycles. The predicted molar refractivity (Wildman–Crippen MR) is 219 cm³/mol. The molecule has 2 saturated heterocycles. The third kappa shape index (κ3) is 8.89. The first-order valence-corrected chi connectivity index (χ1v) is 20.6. The normalized spacial score (nSPS) is 20.0. The summed E-state index contributed by atoms with van der Waals surface area (Å²) in [6.07, 6.45) is 2.02. The summed E-state index contributed by atoms with van der Waals surface area (Å²) >= 11 is 0. The van der Waals surface area contributed by atoms with E-state index in [1.807, 2.05) is 53.6 Å². The van der Waals surface area contributed by atoms with Crippen LogP contribution in [0.3, 0.4) is 0 Å². The minimum Gasteiger partial charge on any atom is -0.377 e. The Balaban J connectivity index is 1.38. The smallest absolute Gasteiger partial charge is 0.245 e. The first kappa shape index (κ1) is 43.1. The average Bonchev–Trinajstić information content (AvgIpc) is 4.00. The molecule has 2 aromatic heterocycles. The van der Waals surface area contributed by atoms with E-state index < -0.39 is 36.0 Å². The number of hydrogen-bond acceptors (Lipinski definition) is 9. The second kappa shape index (κ2) is 18.2. The second-order valence-corrected chi connectivity index (χ2v) is 16.7. The van der Waals surface area contributed by atoms with E-state index in [0.29, 0.717) is 72.7 Å². The van der Waals surface area contributed by atoms with Crippen LogP contribution in [0.1, 0.15) is 67.2 Å². The van der Waals surface area contributed by atoms with Gasteiger partial charge in [0.2, 0.25) is 17.7 Å². The molecule has 0 aliphatic carbocycles. The van der Waals surface area contributed by atoms with Crippen LogP contribution in [0, 0.1) is 23.5 Å². The van der Waals surface area contributed by atoms with Gasteiger partial charge in [0.15, 0.2) is 11.6 Å². The summed E-state index contributed by atoms with van der Waals surface area (Å²) in [6, 6.07) is 6.21. The lowest BCUT2D eigenvalue weighted by Gasteiger charge is -2.34. The molecule has 2 aliphatic rings. The Labute approximate surface area is 339 Å². The fourth-order valence-electron chi connectivity index (χ4n) is 8.28. The second-order valence-electron chi connectivity index (χ2n) is 16.7. The van der Waals surface area contributed by atoms with Gasteiger partial charge in [-0.3, -0.25) is 19.7 Å². The zero-order valence-electron chi connectivity index (χ0n) is 34.9. The molecule has 14 nitrogen and oxygen atoms in total. The van der Waals surface area contributed by atoms with Crippen molar-refractivity contribution in [2.24, 2.45) is 11.8 Å². The molecule has 0 saturated carbocycles. The Morgan fingerprint density at radius 3 is 1.64 bits per heavy atom. The maximum atomic E-state index is 14.8. The molecule has 4 aromatic rings. The molecule has 5 N–H and O–H groups in total. The maximum absolute atomic E-state index is 14.8. The van der Waals surface area contributed by atoms with Gasteiger partial charge in [-0.05, 0) is 89.7 Å². The summed E-state index contributed by atoms with van der Waals surface area (Å²) in [6.45, 7) is 13.0. The van der Waals surface area contributed by atoms with Crippen molar-refractivity contribution in [1.82, 2.24) is 50.2 Å². The van der Waals surface area contributed by atoms with Gasteiger partial charge in [0.1, 0.15) is 23.9 Å². The molecule has 1 unspecified atom stereocenters. The molecule has 0 radical (unpaired) electrons. The summed E-state index contributed by atoms with van der Waals surface area (Å²) in [5, 5.41) is 22.9. The molecule has 7 atom stereocenters. The monoisotopic (exact) mass is 806 g/mol. The first-order chi connectivity index (χ1) is 27.6. The molecule has 6 rings (SSSR count).